The summed E-state index contributed by atoms with van der Waals surface area (Å²) in [4.78, 5) is 34.4. The van der Waals surface area contributed by atoms with Gasteiger partial charge in [-0.2, -0.15) is 4.98 Å². The van der Waals surface area contributed by atoms with E-state index in [0.717, 1.165) is 47.7 Å². The van der Waals surface area contributed by atoms with E-state index in [1.807, 2.05) is 0 Å². The van der Waals surface area contributed by atoms with Crippen LogP contribution in [0.2, 0.25) is 0 Å². The molecule has 0 saturated heterocycles. The standard InChI is InChI=1S/C27H24F3N5O4/c1-13-18(9-14(10-21(13)30)26(39)31-15-5-6-15)23-17-7-8-22(38)35(24-19(28)3-2-4-20(24)29)25(17)34-27(33-23)32-16(11-36)12-37/h2-4,7-10,15-16,36-37H,5-6,11-12H2,1H3,(H,31,39)(H,32,33,34). The number of hydrogen-bond acceptors (Lipinski definition) is 7. The number of aliphatic hydroxyl groups excluding tert-OH is 2. The van der Waals surface area contributed by atoms with Gasteiger partial charge in [-0.15, -0.1) is 0 Å². The van der Waals surface area contributed by atoms with Gasteiger partial charge in [0, 0.05) is 28.6 Å². The molecule has 2 aromatic heterocycles. The Bertz CT molecular complexity index is 1630. The van der Waals surface area contributed by atoms with Crippen molar-refractivity contribution in [3.63, 3.8) is 0 Å². The molecule has 12 heteroatoms. The lowest BCUT2D eigenvalue weighted by molar-refractivity contribution is 0.0950. The molecular formula is C27H24F3N5O4. The minimum atomic E-state index is -1.02. The average Bonchev–Trinajstić information content (AvgIpc) is 3.73. The van der Waals surface area contributed by atoms with Crippen molar-refractivity contribution in [2.45, 2.75) is 31.8 Å². The molecule has 0 aliphatic heterocycles. The highest BCUT2D eigenvalue weighted by Gasteiger charge is 2.26. The lowest BCUT2D eigenvalue weighted by atomic mass is 9.98. The van der Waals surface area contributed by atoms with Crippen LogP contribution >= 0.6 is 0 Å². The van der Waals surface area contributed by atoms with E-state index in [9.17, 15) is 28.6 Å². The van der Waals surface area contributed by atoms with Crippen LogP contribution in [0.25, 0.3) is 28.0 Å². The molecule has 5 rings (SSSR count). The molecule has 0 atom stereocenters. The molecule has 0 unspecified atom stereocenters. The van der Waals surface area contributed by atoms with Crippen LogP contribution in [0, 0.1) is 24.4 Å². The first kappa shape index (κ1) is 26.3. The third kappa shape index (κ3) is 5.08. The number of fused-ring (bicyclic) bond motifs is 1. The van der Waals surface area contributed by atoms with Crippen LogP contribution in [0.5, 0.6) is 0 Å². The van der Waals surface area contributed by atoms with Gasteiger partial charge in [-0.1, -0.05) is 6.07 Å². The largest absolute Gasteiger partial charge is 0.394 e. The molecule has 39 heavy (non-hydrogen) atoms. The Hall–Kier alpha value is -4.29. The number of para-hydroxylation sites is 1. The number of aliphatic hydroxyl groups is 2. The van der Waals surface area contributed by atoms with E-state index in [1.165, 1.54) is 19.1 Å². The van der Waals surface area contributed by atoms with Gasteiger partial charge in [-0.25, -0.2) is 18.2 Å². The molecule has 1 amide bonds. The first-order valence-electron chi connectivity index (χ1n) is 12.2. The number of hydrogen-bond donors (Lipinski definition) is 4. The lowest BCUT2D eigenvalue weighted by Crippen LogP contribution is -2.29. The van der Waals surface area contributed by atoms with E-state index in [2.05, 4.69) is 20.6 Å². The van der Waals surface area contributed by atoms with Crippen LogP contribution in [-0.2, 0) is 0 Å². The van der Waals surface area contributed by atoms with Crippen molar-refractivity contribution in [3.8, 4) is 16.9 Å². The third-order valence-electron chi connectivity index (χ3n) is 6.46. The normalized spacial score (nSPS) is 13.2. The van der Waals surface area contributed by atoms with Crippen molar-refractivity contribution in [1.82, 2.24) is 19.9 Å². The number of aromatic nitrogens is 3. The first-order valence-corrected chi connectivity index (χ1v) is 12.2. The number of carbonyl (C=O) groups excluding carboxylic acids is 1. The predicted octanol–water partition coefficient (Wildman–Crippen LogP) is 2.83. The van der Waals surface area contributed by atoms with Crippen LogP contribution in [-0.4, -0.2) is 56.0 Å². The minimum absolute atomic E-state index is 0.0278. The van der Waals surface area contributed by atoms with Crippen molar-refractivity contribution < 1.29 is 28.2 Å². The van der Waals surface area contributed by atoms with Crippen molar-refractivity contribution in [2.24, 2.45) is 0 Å². The molecule has 202 valence electrons. The highest BCUT2D eigenvalue weighted by molar-refractivity contribution is 5.98. The quantitative estimate of drug-likeness (QED) is 0.271. The Balaban J connectivity index is 1.81. The monoisotopic (exact) mass is 539 g/mol. The molecule has 2 heterocycles. The number of rotatable bonds is 8. The zero-order valence-electron chi connectivity index (χ0n) is 20.7. The maximum atomic E-state index is 15.1. The van der Waals surface area contributed by atoms with Crippen LogP contribution in [0.1, 0.15) is 28.8 Å². The second-order valence-electron chi connectivity index (χ2n) is 9.30. The second kappa shape index (κ2) is 10.5. The molecule has 4 N–H and O–H groups in total. The Kier molecular flexibility index (Phi) is 7.06. The fourth-order valence-electron chi connectivity index (χ4n) is 4.19. The minimum Gasteiger partial charge on any atom is -0.394 e. The number of amides is 1. The predicted molar refractivity (Wildman–Crippen MR) is 137 cm³/mol. The zero-order chi connectivity index (χ0) is 27.8. The van der Waals surface area contributed by atoms with Crippen molar-refractivity contribution in [1.29, 1.82) is 0 Å². The summed E-state index contributed by atoms with van der Waals surface area (Å²) in [6.45, 7) is 0.452. The molecule has 1 aliphatic carbocycles. The zero-order valence-corrected chi connectivity index (χ0v) is 20.7. The molecule has 1 aliphatic rings. The van der Waals surface area contributed by atoms with E-state index >= 15 is 4.39 Å². The van der Waals surface area contributed by atoms with Crippen LogP contribution in [0.3, 0.4) is 0 Å². The van der Waals surface area contributed by atoms with Crippen molar-refractivity contribution >= 4 is 22.9 Å². The van der Waals surface area contributed by atoms with Gasteiger partial charge >= 0.3 is 0 Å². The van der Waals surface area contributed by atoms with E-state index < -0.39 is 53.9 Å². The van der Waals surface area contributed by atoms with Gasteiger partial charge < -0.3 is 20.8 Å². The molecular weight excluding hydrogens is 515 g/mol. The fraction of sp³-hybridized carbons (Fsp3) is 0.259. The maximum absolute atomic E-state index is 15.1. The van der Waals surface area contributed by atoms with Gasteiger partial charge in [-0.05, 0) is 55.7 Å². The molecule has 0 spiro atoms. The van der Waals surface area contributed by atoms with E-state index in [0.29, 0.717) is 0 Å². The molecule has 4 aromatic rings. The summed E-state index contributed by atoms with van der Waals surface area (Å²) >= 11 is 0. The highest BCUT2D eigenvalue weighted by atomic mass is 19.1. The van der Waals surface area contributed by atoms with E-state index in [1.54, 1.807) is 0 Å². The van der Waals surface area contributed by atoms with Gasteiger partial charge in [0.05, 0.1) is 24.9 Å². The molecule has 2 aromatic carbocycles. The summed E-state index contributed by atoms with van der Waals surface area (Å²) in [5, 5.41) is 24.8. The second-order valence-corrected chi connectivity index (χ2v) is 9.30. The number of halogens is 3. The summed E-state index contributed by atoms with van der Waals surface area (Å²) < 4.78 is 45.5. The highest BCUT2D eigenvalue weighted by Crippen LogP contribution is 2.33. The fourth-order valence-corrected chi connectivity index (χ4v) is 4.19. The number of benzene rings is 2. The Morgan fingerprint density at radius 1 is 1.05 bits per heavy atom. The Labute approximate surface area is 220 Å². The van der Waals surface area contributed by atoms with Crippen LogP contribution in [0.15, 0.2) is 47.3 Å². The van der Waals surface area contributed by atoms with Gasteiger partial charge in [-0.3, -0.25) is 14.2 Å². The summed E-state index contributed by atoms with van der Waals surface area (Å²) in [7, 11) is 0. The number of carbonyl (C=O) groups is 1. The molecule has 0 radical (unpaired) electrons. The summed E-state index contributed by atoms with van der Waals surface area (Å²) in [6.07, 6.45) is 1.67. The summed E-state index contributed by atoms with van der Waals surface area (Å²) in [6, 6.07) is 7.20. The topological polar surface area (TPSA) is 129 Å². The van der Waals surface area contributed by atoms with E-state index in [4.69, 9.17) is 0 Å². The average molecular weight is 540 g/mol. The number of nitrogens with one attached hydrogen (secondary N) is 2. The molecule has 1 fully saturated rings. The molecule has 9 nitrogen and oxygen atoms in total. The molecule has 1 saturated carbocycles. The van der Waals surface area contributed by atoms with Crippen LogP contribution in [0.4, 0.5) is 19.1 Å². The van der Waals surface area contributed by atoms with E-state index in [-0.39, 0.29) is 45.4 Å². The number of anilines is 1. The van der Waals surface area contributed by atoms with Gasteiger partial charge in [0.15, 0.2) is 5.65 Å². The Morgan fingerprint density at radius 3 is 2.38 bits per heavy atom. The smallest absolute Gasteiger partial charge is 0.256 e. The van der Waals surface area contributed by atoms with Crippen molar-refractivity contribution in [3.05, 3.63) is 81.4 Å². The number of pyridine rings is 1. The maximum Gasteiger partial charge on any atom is 0.256 e. The van der Waals surface area contributed by atoms with Gasteiger partial charge in [0.1, 0.15) is 23.1 Å². The van der Waals surface area contributed by atoms with Gasteiger partial charge in [0.2, 0.25) is 5.95 Å². The number of nitrogens with zero attached hydrogens (tertiary/aromatic N) is 3. The van der Waals surface area contributed by atoms with Gasteiger partial charge in [0.25, 0.3) is 11.5 Å². The molecule has 0 bridgehead atoms. The Morgan fingerprint density at radius 2 is 1.74 bits per heavy atom. The SMILES string of the molecule is Cc1c(F)cc(C(=O)NC2CC2)cc1-c1nc(NC(CO)CO)nc2c1ccc(=O)n2-c1c(F)cccc1F. The lowest BCUT2D eigenvalue weighted by Gasteiger charge is -2.18. The summed E-state index contributed by atoms with van der Waals surface area (Å²) in [5.41, 5.74) is -1.30. The first-order chi connectivity index (χ1) is 18.7. The van der Waals surface area contributed by atoms with Crippen LogP contribution < -0.4 is 16.2 Å². The van der Waals surface area contributed by atoms with Crippen molar-refractivity contribution in [2.75, 3.05) is 18.5 Å². The summed E-state index contributed by atoms with van der Waals surface area (Å²) in [5.74, 6) is -3.42. The third-order valence-corrected chi connectivity index (χ3v) is 6.46.